The van der Waals surface area contributed by atoms with Crippen molar-refractivity contribution in [2.45, 2.75) is 6.18 Å². The average Bonchev–Trinajstić information content (AvgIpc) is 3.25. The van der Waals surface area contributed by atoms with Crippen molar-refractivity contribution < 1.29 is 33.0 Å². The molecule has 0 aliphatic carbocycles. The van der Waals surface area contributed by atoms with Crippen LogP contribution in [0.3, 0.4) is 0 Å². The Morgan fingerprint density at radius 3 is 2.26 bits per heavy atom. The molecule has 2 heterocycles. The number of aromatic carboxylic acids is 1. The molecule has 0 radical (unpaired) electrons. The second kappa shape index (κ2) is 7.17. The average molecular weight is 446 g/mol. The number of phenols is 1. The minimum absolute atomic E-state index is 0.0285. The van der Waals surface area contributed by atoms with Crippen molar-refractivity contribution in [2.75, 3.05) is 0 Å². The lowest BCUT2D eigenvalue weighted by Gasteiger charge is -2.16. The van der Waals surface area contributed by atoms with Crippen LogP contribution in [0.1, 0.15) is 25.6 Å². The molecule has 158 valence electrons. The highest BCUT2D eigenvalue weighted by atomic mass is 32.1. The number of amides is 1. The Labute approximate surface area is 176 Å². The van der Waals surface area contributed by atoms with E-state index in [1.54, 1.807) is 0 Å². The van der Waals surface area contributed by atoms with E-state index in [1.165, 1.54) is 41.0 Å². The molecule has 0 saturated carbocycles. The first kappa shape index (κ1) is 20.5. The Morgan fingerprint density at radius 2 is 1.68 bits per heavy atom. The molecule has 0 aliphatic heterocycles. The number of phenolic OH excluding ortho intramolecular Hbond substituents is 1. The van der Waals surface area contributed by atoms with Crippen LogP contribution >= 0.6 is 11.3 Å². The standard InChI is InChI=1S/C21H13F3N2O4S/c22-21(23,24)14-7-12(27)5-6-13(14)15-8-17-16(9-18(31-17)20(29)30)26(15)11-3-1-10(2-4-11)19(25)28/h1-9,27H,(H2,25,28)(H,29,30). The molecule has 0 atom stereocenters. The van der Waals surface area contributed by atoms with Gasteiger partial charge in [0.15, 0.2) is 0 Å². The Morgan fingerprint density at radius 1 is 1.00 bits per heavy atom. The van der Waals surface area contributed by atoms with E-state index < -0.39 is 29.4 Å². The van der Waals surface area contributed by atoms with E-state index in [9.17, 15) is 33.0 Å². The van der Waals surface area contributed by atoms with Gasteiger partial charge in [-0.25, -0.2) is 4.79 Å². The number of thiophene rings is 1. The number of halogens is 3. The number of nitrogens with zero attached hydrogens (tertiary/aromatic N) is 1. The number of fused-ring (bicyclic) bond motifs is 1. The largest absolute Gasteiger partial charge is 0.508 e. The third-order valence-corrected chi connectivity index (χ3v) is 5.75. The number of carboxylic acid groups (broad SMARTS) is 1. The number of aromatic nitrogens is 1. The molecular weight excluding hydrogens is 433 g/mol. The number of carbonyl (C=O) groups is 2. The SMILES string of the molecule is NC(=O)c1ccc(-n2c(-c3ccc(O)cc3C(F)(F)F)cc3sc(C(=O)O)cc32)cc1. The van der Waals surface area contributed by atoms with Crippen LogP contribution in [0, 0.1) is 0 Å². The molecule has 4 aromatic rings. The lowest BCUT2D eigenvalue weighted by molar-refractivity contribution is -0.137. The Hall–Kier alpha value is -3.79. The van der Waals surface area contributed by atoms with Gasteiger partial charge < -0.3 is 20.5 Å². The molecule has 2 aromatic heterocycles. The quantitative estimate of drug-likeness (QED) is 0.415. The molecule has 2 aromatic carbocycles. The molecule has 4 rings (SSSR count). The van der Waals surface area contributed by atoms with Gasteiger partial charge in [0.2, 0.25) is 5.91 Å². The number of hydrogen-bond donors (Lipinski definition) is 3. The van der Waals surface area contributed by atoms with Crippen LogP contribution in [0.15, 0.2) is 54.6 Å². The van der Waals surface area contributed by atoms with E-state index in [2.05, 4.69) is 0 Å². The predicted octanol–water partition coefficient (Wildman–Crippen LogP) is 4.88. The number of carboxylic acids is 1. The lowest BCUT2D eigenvalue weighted by Crippen LogP contribution is -2.11. The molecule has 31 heavy (non-hydrogen) atoms. The maximum Gasteiger partial charge on any atom is 0.417 e. The number of hydrogen-bond acceptors (Lipinski definition) is 4. The topological polar surface area (TPSA) is 106 Å². The van der Waals surface area contributed by atoms with E-state index in [4.69, 9.17) is 5.73 Å². The van der Waals surface area contributed by atoms with E-state index in [0.29, 0.717) is 22.0 Å². The number of aromatic hydroxyl groups is 1. The first-order chi connectivity index (χ1) is 14.6. The summed E-state index contributed by atoms with van der Waals surface area (Å²) in [5, 5.41) is 18.9. The lowest BCUT2D eigenvalue weighted by atomic mass is 10.0. The van der Waals surface area contributed by atoms with E-state index in [1.807, 2.05) is 0 Å². The van der Waals surface area contributed by atoms with Crippen LogP contribution in [0.5, 0.6) is 5.75 Å². The summed E-state index contributed by atoms with van der Waals surface area (Å²) in [6.45, 7) is 0. The summed E-state index contributed by atoms with van der Waals surface area (Å²) >= 11 is 0.929. The fourth-order valence-corrected chi connectivity index (χ4v) is 4.26. The van der Waals surface area contributed by atoms with Crippen molar-refractivity contribution in [3.8, 4) is 22.7 Å². The highest BCUT2D eigenvalue weighted by Crippen LogP contribution is 2.43. The van der Waals surface area contributed by atoms with Crippen molar-refractivity contribution >= 4 is 33.4 Å². The van der Waals surface area contributed by atoms with Gasteiger partial charge in [-0.3, -0.25) is 4.79 Å². The molecule has 0 aliphatic rings. The summed E-state index contributed by atoms with van der Waals surface area (Å²) in [5.41, 5.74) is 5.19. The van der Waals surface area contributed by atoms with Crippen LogP contribution in [-0.2, 0) is 6.18 Å². The fourth-order valence-electron chi connectivity index (χ4n) is 3.34. The van der Waals surface area contributed by atoms with E-state index in [-0.39, 0.29) is 21.7 Å². The first-order valence-corrected chi connectivity index (χ1v) is 9.57. The minimum atomic E-state index is -4.74. The Bertz CT molecular complexity index is 1340. The van der Waals surface area contributed by atoms with Gasteiger partial charge in [-0.15, -0.1) is 11.3 Å². The second-order valence-electron chi connectivity index (χ2n) is 6.67. The van der Waals surface area contributed by atoms with Gasteiger partial charge in [-0.1, -0.05) is 0 Å². The number of nitrogens with two attached hydrogens (primary N) is 1. The summed E-state index contributed by atoms with van der Waals surface area (Å²) < 4.78 is 43.0. The van der Waals surface area contributed by atoms with Crippen LogP contribution in [0.2, 0.25) is 0 Å². The van der Waals surface area contributed by atoms with Gasteiger partial charge in [0.25, 0.3) is 0 Å². The number of benzene rings is 2. The Kier molecular flexibility index (Phi) is 4.74. The predicted molar refractivity (Wildman–Crippen MR) is 109 cm³/mol. The zero-order chi connectivity index (χ0) is 22.5. The van der Waals surface area contributed by atoms with Gasteiger partial charge in [0.1, 0.15) is 10.6 Å². The normalized spacial score (nSPS) is 11.7. The molecule has 1 amide bonds. The van der Waals surface area contributed by atoms with Gasteiger partial charge >= 0.3 is 12.1 Å². The van der Waals surface area contributed by atoms with Crippen molar-refractivity contribution in [3.05, 3.63) is 70.6 Å². The van der Waals surface area contributed by atoms with Crippen molar-refractivity contribution in [3.63, 3.8) is 0 Å². The van der Waals surface area contributed by atoms with Crippen molar-refractivity contribution in [1.82, 2.24) is 4.57 Å². The fraction of sp³-hybridized carbons (Fsp3) is 0.0476. The number of alkyl halides is 3. The Balaban J connectivity index is 2.03. The molecule has 0 fully saturated rings. The van der Waals surface area contributed by atoms with Crippen molar-refractivity contribution in [1.29, 1.82) is 0 Å². The summed E-state index contributed by atoms with van der Waals surface area (Å²) in [4.78, 5) is 22.8. The molecular formula is C21H13F3N2O4S. The van der Waals surface area contributed by atoms with Crippen LogP contribution in [0.4, 0.5) is 13.2 Å². The van der Waals surface area contributed by atoms with Gasteiger partial charge in [-0.05, 0) is 54.6 Å². The number of rotatable bonds is 4. The maximum atomic E-state index is 13.7. The zero-order valence-corrected chi connectivity index (χ0v) is 16.3. The minimum Gasteiger partial charge on any atom is -0.508 e. The van der Waals surface area contributed by atoms with Gasteiger partial charge in [0, 0.05) is 16.8 Å². The highest BCUT2D eigenvalue weighted by Gasteiger charge is 2.35. The van der Waals surface area contributed by atoms with Gasteiger partial charge in [0.05, 0.1) is 21.5 Å². The van der Waals surface area contributed by atoms with Crippen LogP contribution < -0.4 is 5.73 Å². The van der Waals surface area contributed by atoms with Gasteiger partial charge in [-0.2, -0.15) is 13.2 Å². The summed E-state index contributed by atoms with van der Waals surface area (Å²) in [6, 6.07) is 11.7. The third kappa shape index (κ3) is 3.61. The first-order valence-electron chi connectivity index (χ1n) is 8.75. The molecule has 0 bridgehead atoms. The molecule has 0 saturated heterocycles. The molecule has 0 unspecified atom stereocenters. The number of carbonyl (C=O) groups excluding carboxylic acids is 1. The molecule has 4 N–H and O–H groups in total. The molecule has 10 heteroatoms. The molecule has 0 spiro atoms. The molecule has 6 nitrogen and oxygen atoms in total. The van der Waals surface area contributed by atoms with E-state index >= 15 is 0 Å². The maximum absolute atomic E-state index is 13.7. The number of primary amides is 1. The monoisotopic (exact) mass is 446 g/mol. The van der Waals surface area contributed by atoms with E-state index in [0.717, 1.165) is 23.5 Å². The summed E-state index contributed by atoms with van der Waals surface area (Å²) in [5.74, 6) is -2.35. The highest BCUT2D eigenvalue weighted by molar-refractivity contribution is 7.20. The third-order valence-electron chi connectivity index (χ3n) is 4.70. The van der Waals surface area contributed by atoms with Crippen LogP contribution in [-0.4, -0.2) is 26.7 Å². The summed E-state index contributed by atoms with van der Waals surface area (Å²) in [6.07, 6.45) is -4.74. The summed E-state index contributed by atoms with van der Waals surface area (Å²) in [7, 11) is 0. The zero-order valence-electron chi connectivity index (χ0n) is 15.5. The van der Waals surface area contributed by atoms with Crippen LogP contribution in [0.25, 0.3) is 27.2 Å². The van der Waals surface area contributed by atoms with Crippen molar-refractivity contribution in [2.24, 2.45) is 5.73 Å². The second-order valence-corrected chi connectivity index (χ2v) is 7.75. The smallest absolute Gasteiger partial charge is 0.417 e.